The highest BCUT2D eigenvalue weighted by Crippen LogP contribution is 2.15. The number of hydrogen-bond donors (Lipinski definition) is 2. The van der Waals surface area contributed by atoms with Crippen molar-refractivity contribution >= 4 is 24.3 Å². The van der Waals surface area contributed by atoms with Crippen LogP contribution in [0, 0.1) is 10.6 Å². The molecule has 0 bridgehead atoms. The Balaban J connectivity index is 1.86. The molecule has 0 aliphatic heterocycles. The molecule has 16 heavy (non-hydrogen) atoms. The SMILES string of the molecule is S=c1ccc(N/N=C\[C@@H]2CC=CCC2)n[nH]1. The van der Waals surface area contributed by atoms with E-state index in [2.05, 4.69) is 32.9 Å². The predicted molar refractivity (Wildman–Crippen MR) is 68.0 cm³/mol. The van der Waals surface area contributed by atoms with Gasteiger partial charge in [0.1, 0.15) is 4.64 Å². The van der Waals surface area contributed by atoms with Crippen molar-refractivity contribution in [3.8, 4) is 0 Å². The lowest BCUT2D eigenvalue weighted by molar-refractivity contribution is 0.627. The average Bonchev–Trinajstić information content (AvgIpc) is 2.33. The fraction of sp³-hybridized carbons (Fsp3) is 0.364. The van der Waals surface area contributed by atoms with E-state index in [1.807, 2.05) is 6.21 Å². The smallest absolute Gasteiger partial charge is 0.166 e. The van der Waals surface area contributed by atoms with E-state index in [-0.39, 0.29) is 0 Å². The standard InChI is InChI=1S/C11H14N4S/c16-11-7-6-10(14-15-11)13-12-8-9-4-2-1-3-5-9/h1-2,6-9H,3-5H2,(H,13,14)(H,15,16)/b12-8-/t9-/m1/s1. The second kappa shape index (κ2) is 5.55. The number of H-pyrrole nitrogens is 1. The summed E-state index contributed by atoms with van der Waals surface area (Å²) in [5.74, 6) is 1.22. The predicted octanol–water partition coefficient (Wildman–Crippen LogP) is 2.89. The molecule has 5 heteroatoms. The molecular weight excluding hydrogens is 220 g/mol. The zero-order chi connectivity index (χ0) is 11.2. The number of allylic oxidation sites excluding steroid dienone is 2. The van der Waals surface area contributed by atoms with Gasteiger partial charge in [0.2, 0.25) is 0 Å². The van der Waals surface area contributed by atoms with Crippen molar-refractivity contribution in [1.29, 1.82) is 0 Å². The molecule has 1 heterocycles. The van der Waals surface area contributed by atoms with Crippen LogP contribution in [-0.2, 0) is 0 Å². The summed E-state index contributed by atoms with van der Waals surface area (Å²) in [7, 11) is 0. The third-order valence-electron chi connectivity index (χ3n) is 2.45. The van der Waals surface area contributed by atoms with Crippen molar-refractivity contribution in [2.24, 2.45) is 11.0 Å². The van der Waals surface area contributed by atoms with Gasteiger partial charge in [-0.25, -0.2) is 0 Å². The number of nitrogens with zero attached hydrogens (tertiary/aromatic N) is 2. The van der Waals surface area contributed by atoms with Gasteiger partial charge < -0.3 is 0 Å². The van der Waals surface area contributed by atoms with E-state index in [0.29, 0.717) is 16.4 Å². The summed E-state index contributed by atoms with van der Waals surface area (Å²) in [5, 5.41) is 10.9. The van der Waals surface area contributed by atoms with Crippen LogP contribution in [0.4, 0.5) is 5.82 Å². The molecule has 4 nitrogen and oxygen atoms in total. The summed E-state index contributed by atoms with van der Waals surface area (Å²) < 4.78 is 0.618. The largest absolute Gasteiger partial charge is 0.266 e. The molecule has 0 spiro atoms. The van der Waals surface area contributed by atoms with Gasteiger partial charge >= 0.3 is 0 Å². The van der Waals surface area contributed by atoms with Gasteiger partial charge in [-0.05, 0) is 37.3 Å². The Morgan fingerprint density at radius 3 is 3.12 bits per heavy atom. The van der Waals surface area contributed by atoms with Crippen LogP contribution in [0.25, 0.3) is 0 Å². The molecule has 1 aromatic rings. The van der Waals surface area contributed by atoms with Gasteiger partial charge in [0.15, 0.2) is 5.82 Å². The van der Waals surface area contributed by atoms with Crippen LogP contribution >= 0.6 is 12.2 Å². The van der Waals surface area contributed by atoms with Gasteiger partial charge in [0.25, 0.3) is 0 Å². The number of aromatic nitrogens is 2. The molecule has 0 saturated heterocycles. The minimum atomic E-state index is 0.541. The van der Waals surface area contributed by atoms with Crippen LogP contribution < -0.4 is 5.43 Å². The minimum Gasteiger partial charge on any atom is -0.266 e. The van der Waals surface area contributed by atoms with Gasteiger partial charge in [0.05, 0.1) is 0 Å². The van der Waals surface area contributed by atoms with E-state index >= 15 is 0 Å². The zero-order valence-corrected chi connectivity index (χ0v) is 9.70. The second-order valence-electron chi connectivity index (χ2n) is 3.74. The van der Waals surface area contributed by atoms with Gasteiger partial charge in [0, 0.05) is 6.21 Å². The fourth-order valence-corrected chi connectivity index (χ4v) is 1.68. The monoisotopic (exact) mass is 234 g/mol. The molecule has 0 fully saturated rings. The molecule has 1 aliphatic rings. The van der Waals surface area contributed by atoms with Crippen molar-refractivity contribution in [2.75, 3.05) is 5.43 Å². The maximum absolute atomic E-state index is 4.89. The molecule has 1 aliphatic carbocycles. The lowest BCUT2D eigenvalue weighted by atomic mass is 9.96. The van der Waals surface area contributed by atoms with Crippen molar-refractivity contribution < 1.29 is 0 Å². The third kappa shape index (κ3) is 3.27. The molecule has 1 atom stereocenters. The Morgan fingerprint density at radius 1 is 1.50 bits per heavy atom. The fourth-order valence-electron chi connectivity index (χ4n) is 1.57. The van der Waals surface area contributed by atoms with Crippen molar-refractivity contribution in [3.05, 3.63) is 28.9 Å². The number of hydrogen-bond acceptors (Lipinski definition) is 4. The summed E-state index contributed by atoms with van der Waals surface area (Å²) >= 11 is 4.89. The van der Waals surface area contributed by atoms with Gasteiger partial charge in [-0.15, -0.1) is 0 Å². The summed E-state index contributed by atoms with van der Waals surface area (Å²) in [4.78, 5) is 0. The molecule has 0 saturated carbocycles. The van der Waals surface area contributed by atoms with Crippen LogP contribution in [0.5, 0.6) is 0 Å². The van der Waals surface area contributed by atoms with Crippen LogP contribution in [0.2, 0.25) is 0 Å². The summed E-state index contributed by atoms with van der Waals surface area (Å²) in [6.45, 7) is 0. The molecule has 2 rings (SSSR count). The number of aromatic amines is 1. The summed E-state index contributed by atoms with van der Waals surface area (Å²) in [6, 6.07) is 3.58. The Kier molecular flexibility index (Phi) is 3.82. The van der Waals surface area contributed by atoms with Crippen molar-refractivity contribution in [3.63, 3.8) is 0 Å². The number of nitrogens with one attached hydrogen (secondary N) is 2. The van der Waals surface area contributed by atoms with Crippen molar-refractivity contribution in [2.45, 2.75) is 19.3 Å². The lowest BCUT2D eigenvalue weighted by Gasteiger charge is -2.11. The van der Waals surface area contributed by atoms with Crippen LogP contribution in [0.15, 0.2) is 29.4 Å². The summed E-state index contributed by atoms with van der Waals surface area (Å²) in [6.07, 6.45) is 9.77. The lowest BCUT2D eigenvalue weighted by Crippen LogP contribution is -2.05. The highest BCUT2D eigenvalue weighted by molar-refractivity contribution is 7.71. The van der Waals surface area contributed by atoms with Gasteiger partial charge in [-0.2, -0.15) is 10.2 Å². The van der Waals surface area contributed by atoms with Gasteiger partial charge in [-0.1, -0.05) is 24.4 Å². The quantitative estimate of drug-likeness (QED) is 0.366. The molecule has 0 radical (unpaired) electrons. The molecular formula is C11H14N4S. The Morgan fingerprint density at radius 2 is 2.44 bits per heavy atom. The first-order chi connectivity index (χ1) is 7.84. The first kappa shape index (κ1) is 11.0. The average molecular weight is 234 g/mol. The highest BCUT2D eigenvalue weighted by atomic mass is 32.1. The van der Waals surface area contributed by atoms with E-state index in [0.717, 1.165) is 12.8 Å². The van der Waals surface area contributed by atoms with E-state index < -0.39 is 0 Å². The Hall–Kier alpha value is -1.49. The van der Waals surface area contributed by atoms with E-state index in [9.17, 15) is 0 Å². The number of rotatable bonds is 3. The molecule has 2 N–H and O–H groups in total. The summed E-state index contributed by atoms with van der Waals surface area (Å²) in [5.41, 5.74) is 2.88. The third-order valence-corrected chi connectivity index (χ3v) is 2.68. The van der Waals surface area contributed by atoms with E-state index in [4.69, 9.17) is 12.2 Å². The topological polar surface area (TPSA) is 53.1 Å². The van der Waals surface area contributed by atoms with Gasteiger partial charge in [-0.3, -0.25) is 10.5 Å². The molecule has 0 amide bonds. The second-order valence-corrected chi connectivity index (χ2v) is 4.18. The molecule has 84 valence electrons. The normalized spacial score (nSPS) is 20.1. The van der Waals surface area contributed by atoms with E-state index in [1.54, 1.807) is 12.1 Å². The molecule has 0 aromatic carbocycles. The first-order valence-corrected chi connectivity index (χ1v) is 5.75. The first-order valence-electron chi connectivity index (χ1n) is 5.34. The highest BCUT2D eigenvalue weighted by Gasteiger charge is 2.05. The minimum absolute atomic E-state index is 0.541. The van der Waals surface area contributed by atoms with Crippen molar-refractivity contribution in [1.82, 2.24) is 10.2 Å². The Bertz CT molecular complexity index is 429. The maximum Gasteiger partial charge on any atom is 0.166 e. The van der Waals surface area contributed by atoms with Crippen LogP contribution in [0.1, 0.15) is 19.3 Å². The van der Waals surface area contributed by atoms with E-state index in [1.165, 1.54) is 6.42 Å². The van der Waals surface area contributed by atoms with Crippen LogP contribution in [-0.4, -0.2) is 16.4 Å². The number of anilines is 1. The zero-order valence-electron chi connectivity index (χ0n) is 8.89. The maximum atomic E-state index is 4.89. The molecule has 0 unspecified atom stereocenters. The Labute approximate surface area is 99.5 Å². The van der Waals surface area contributed by atoms with Crippen LogP contribution in [0.3, 0.4) is 0 Å². The number of hydrazone groups is 1. The molecule has 1 aromatic heterocycles.